The molecule has 0 aliphatic carbocycles. The molecule has 2 aromatic carbocycles. The number of halogens is 3. The number of alkyl halides is 3. The molecule has 2 amide bonds. The molecule has 0 aromatic heterocycles. The van der Waals surface area contributed by atoms with Gasteiger partial charge in [-0.1, -0.05) is 26.0 Å². The normalized spacial score (nSPS) is 11.9. The second-order valence-corrected chi connectivity index (χ2v) is 8.77. The summed E-state index contributed by atoms with van der Waals surface area (Å²) >= 11 is 0. The predicted molar refractivity (Wildman–Crippen MR) is 114 cm³/mol. The number of rotatable bonds is 9. The third-order valence-corrected chi connectivity index (χ3v) is 6.59. The minimum absolute atomic E-state index is 0.0888. The van der Waals surface area contributed by atoms with E-state index in [1.54, 1.807) is 19.2 Å². The second-order valence-electron chi connectivity index (χ2n) is 6.83. The van der Waals surface area contributed by atoms with Crippen molar-refractivity contribution in [2.75, 3.05) is 25.0 Å². The van der Waals surface area contributed by atoms with Crippen molar-refractivity contribution in [1.29, 1.82) is 0 Å². The van der Waals surface area contributed by atoms with Crippen LogP contribution >= 0.6 is 0 Å². The zero-order valence-corrected chi connectivity index (χ0v) is 18.4. The molecule has 2 N–H and O–H groups in total. The molecule has 174 valence electrons. The number of carbonyl (C=O) groups is 2. The highest BCUT2D eigenvalue weighted by Gasteiger charge is 2.27. The van der Waals surface area contributed by atoms with Crippen molar-refractivity contribution in [2.24, 2.45) is 0 Å². The summed E-state index contributed by atoms with van der Waals surface area (Å²) in [7, 11) is -3.62. The lowest BCUT2D eigenvalue weighted by Gasteiger charge is -2.18. The van der Waals surface area contributed by atoms with E-state index < -0.39 is 34.6 Å². The fourth-order valence-corrected chi connectivity index (χ4v) is 4.30. The molecule has 0 heterocycles. The molecule has 2 rings (SSSR count). The first kappa shape index (κ1) is 25.3. The fraction of sp³-hybridized carbons (Fsp3) is 0.333. The molecular formula is C21H24F3N3O4S. The van der Waals surface area contributed by atoms with Gasteiger partial charge in [-0.2, -0.15) is 17.5 Å². The number of carbonyl (C=O) groups excluding carboxylic acids is 2. The van der Waals surface area contributed by atoms with Crippen molar-refractivity contribution in [1.82, 2.24) is 9.62 Å². The Balaban J connectivity index is 1.99. The lowest BCUT2D eigenvalue weighted by atomic mass is 10.1. The molecule has 0 unspecified atom stereocenters. The quantitative estimate of drug-likeness (QED) is 0.587. The Kier molecular flexibility index (Phi) is 8.39. The van der Waals surface area contributed by atoms with Crippen LogP contribution in [0.5, 0.6) is 0 Å². The number of amides is 2. The van der Waals surface area contributed by atoms with Crippen LogP contribution in [0.2, 0.25) is 0 Å². The molecule has 0 spiro atoms. The van der Waals surface area contributed by atoms with E-state index in [-0.39, 0.29) is 16.9 Å². The summed E-state index contributed by atoms with van der Waals surface area (Å²) in [6.45, 7) is 2.75. The molecule has 0 aliphatic rings. The Labute approximate surface area is 184 Å². The van der Waals surface area contributed by atoms with Gasteiger partial charge in [0.1, 0.15) is 6.54 Å². The Morgan fingerprint density at radius 3 is 2.00 bits per heavy atom. The largest absolute Gasteiger partial charge is 0.405 e. The number of hydrogen-bond acceptors (Lipinski definition) is 4. The van der Waals surface area contributed by atoms with Gasteiger partial charge in [-0.25, -0.2) is 8.42 Å². The molecular weight excluding hydrogens is 447 g/mol. The maximum Gasteiger partial charge on any atom is 0.405 e. The minimum Gasteiger partial charge on any atom is -0.347 e. The molecule has 0 saturated carbocycles. The van der Waals surface area contributed by atoms with Gasteiger partial charge in [0.2, 0.25) is 15.9 Å². The molecule has 7 nitrogen and oxygen atoms in total. The molecule has 2 aromatic rings. The monoisotopic (exact) mass is 471 g/mol. The van der Waals surface area contributed by atoms with Gasteiger partial charge in [0, 0.05) is 24.3 Å². The number of benzene rings is 2. The molecule has 0 atom stereocenters. The van der Waals surface area contributed by atoms with Gasteiger partial charge >= 0.3 is 6.18 Å². The van der Waals surface area contributed by atoms with Crippen molar-refractivity contribution in [3.63, 3.8) is 0 Å². The lowest BCUT2D eigenvalue weighted by molar-refractivity contribution is -0.138. The van der Waals surface area contributed by atoms with Gasteiger partial charge in [-0.3, -0.25) is 9.59 Å². The second kappa shape index (κ2) is 10.6. The van der Waals surface area contributed by atoms with E-state index in [1.165, 1.54) is 52.8 Å². The van der Waals surface area contributed by atoms with Gasteiger partial charge in [-0.05, 0) is 42.0 Å². The van der Waals surface area contributed by atoms with Crippen LogP contribution in [0.1, 0.15) is 29.8 Å². The first-order valence-electron chi connectivity index (χ1n) is 9.80. The standard InChI is InChI=1S/C21H24F3N3O4S/c1-3-27(4-2)32(30,31)18-11-7-16(8-12-18)20(29)26-17-9-5-15(6-10-17)13-19(28)25-14-21(22,23)24/h5-12H,3-4,13-14H2,1-2H3,(H,25,28)(H,26,29). The first-order valence-corrected chi connectivity index (χ1v) is 11.2. The summed E-state index contributed by atoms with van der Waals surface area (Å²) in [5.74, 6) is -1.23. The van der Waals surface area contributed by atoms with Gasteiger partial charge in [0.15, 0.2) is 0 Å². The Morgan fingerprint density at radius 2 is 1.50 bits per heavy atom. The molecule has 0 saturated heterocycles. The van der Waals surface area contributed by atoms with Crippen LogP contribution in [-0.2, 0) is 21.2 Å². The van der Waals surface area contributed by atoms with Crippen molar-refractivity contribution in [3.8, 4) is 0 Å². The summed E-state index contributed by atoms with van der Waals surface area (Å²) in [6.07, 6.45) is -4.70. The van der Waals surface area contributed by atoms with Crippen LogP contribution in [0.4, 0.5) is 18.9 Å². The Hall–Kier alpha value is -2.92. The van der Waals surface area contributed by atoms with Gasteiger partial charge in [0.05, 0.1) is 11.3 Å². The number of nitrogens with zero attached hydrogens (tertiary/aromatic N) is 1. The number of hydrogen-bond donors (Lipinski definition) is 2. The summed E-state index contributed by atoms with van der Waals surface area (Å²) in [5, 5.41) is 4.43. The van der Waals surface area contributed by atoms with E-state index in [1.807, 2.05) is 0 Å². The first-order chi connectivity index (χ1) is 15.0. The van der Waals surface area contributed by atoms with Crippen LogP contribution in [0.15, 0.2) is 53.4 Å². The third kappa shape index (κ3) is 7.06. The summed E-state index contributed by atoms with van der Waals surface area (Å²) < 4.78 is 62.7. The summed E-state index contributed by atoms with van der Waals surface area (Å²) in [6, 6.07) is 11.6. The highest BCUT2D eigenvalue weighted by Crippen LogP contribution is 2.18. The van der Waals surface area contributed by atoms with E-state index in [0.717, 1.165) is 0 Å². The highest BCUT2D eigenvalue weighted by molar-refractivity contribution is 7.89. The van der Waals surface area contributed by atoms with Gasteiger partial charge in [-0.15, -0.1) is 0 Å². The third-order valence-electron chi connectivity index (χ3n) is 4.52. The predicted octanol–water partition coefficient (Wildman–Crippen LogP) is 3.19. The van der Waals surface area contributed by atoms with Crippen LogP contribution in [-0.4, -0.2) is 50.3 Å². The van der Waals surface area contributed by atoms with E-state index in [9.17, 15) is 31.2 Å². The van der Waals surface area contributed by atoms with Crippen molar-refractivity contribution in [3.05, 3.63) is 59.7 Å². The molecule has 11 heteroatoms. The number of nitrogens with one attached hydrogen (secondary N) is 2. The van der Waals surface area contributed by atoms with Crippen molar-refractivity contribution < 1.29 is 31.2 Å². The van der Waals surface area contributed by atoms with Crippen molar-refractivity contribution >= 4 is 27.5 Å². The van der Waals surface area contributed by atoms with E-state index >= 15 is 0 Å². The number of anilines is 1. The molecule has 32 heavy (non-hydrogen) atoms. The zero-order chi connectivity index (χ0) is 23.9. The highest BCUT2D eigenvalue weighted by atomic mass is 32.2. The van der Waals surface area contributed by atoms with Gasteiger partial charge in [0.25, 0.3) is 5.91 Å². The maximum absolute atomic E-state index is 12.5. The van der Waals surface area contributed by atoms with Crippen LogP contribution in [0.3, 0.4) is 0 Å². The molecule has 0 aliphatic heterocycles. The van der Waals surface area contributed by atoms with Gasteiger partial charge < -0.3 is 10.6 Å². The summed E-state index contributed by atoms with van der Waals surface area (Å²) in [4.78, 5) is 24.1. The SMILES string of the molecule is CCN(CC)S(=O)(=O)c1ccc(C(=O)Nc2ccc(CC(=O)NCC(F)(F)F)cc2)cc1. The average Bonchev–Trinajstić information content (AvgIpc) is 2.74. The lowest BCUT2D eigenvalue weighted by Crippen LogP contribution is -2.34. The van der Waals surface area contributed by atoms with E-state index in [4.69, 9.17) is 0 Å². The van der Waals surface area contributed by atoms with Crippen molar-refractivity contribution in [2.45, 2.75) is 31.3 Å². The van der Waals surface area contributed by atoms with Crippen LogP contribution < -0.4 is 10.6 Å². The topological polar surface area (TPSA) is 95.6 Å². The fourth-order valence-electron chi connectivity index (χ4n) is 2.85. The zero-order valence-electron chi connectivity index (χ0n) is 17.6. The Morgan fingerprint density at radius 1 is 0.938 bits per heavy atom. The van der Waals surface area contributed by atoms with Crippen LogP contribution in [0.25, 0.3) is 0 Å². The van der Waals surface area contributed by atoms with E-state index in [0.29, 0.717) is 24.3 Å². The molecule has 0 fully saturated rings. The molecule has 0 bridgehead atoms. The maximum atomic E-state index is 12.5. The minimum atomic E-state index is -4.47. The van der Waals surface area contributed by atoms with Crippen LogP contribution in [0, 0.1) is 0 Å². The van der Waals surface area contributed by atoms with E-state index in [2.05, 4.69) is 5.32 Å². The Bertz CT molecular complexity index is 1030. The summed E-state index contributed by atoms with van der Waals surface area (Å²) in [5.41, 5.74) is 1.14. The smallest absolute Gasteiger partial charge is 0.347 e. The number of sulfonamides is 1. The average molecular weight is 472 g/mol. The molecule has 0 radical (unpaired) electrons.